The molecule has 0 amide bonds. The van der Waals surface area contributed by atoms with Gasteiger partial charge in [0.15, 0.2) is 5.78 Å². The fourth-order valence-electron chi connectivity index (χ4n) is 0.819. The summed E-state index contributed by atoms with van der Waals surface area (Å²) in [6.45, 7) is -0.0719. The third kappa shape index (κ3) is 2.22. The highest BCUT2D eigenvalue weighted by Gasteiger charge is 2.06. The van der Waals surface area contributed by atoms with E-state index in [2.05, 4.69) is 0 Å². The number of carbonyl (C=O) groups is 1. The molecule has 0 spiro atoms. The van der Waals surface area contributed by atoms with Crippen LogP contribution in [0.2, 0.25) is 0 Å². The Hall–Kier alpha value is -1.06. The number of nitrogens with two attached hydrogens (primary N) is 1. The third-order valence-electron chi connectivity index (χ3n) is 1.39. The molecule has 1 rings (SSSR count). The van der Waals surface area contributed by atoms with Crippen molar-refractivity contribution in [1.82, 2.24) is 0 Å². The quantitative estimate of drug-likeness (QED) is 0.678. The van der Waals surface area contributed by atoms with Crippen LogP contribution in [0.3, 0.4) is 0 Å². The van der Waals surface area contributed by atoms with Gasteiger partial charge in [0.05, 0.1) is 12.1 Å². The Morgan fingerprint density at radius 2 is 2.00 bits per heavy atom. The van der Waals surface area contributed by atoms with Gasteiger partial charge in [0, 0.05) is 0 Å². The first-order valence-corrected chi connectivity index (χ1v) is 3.27. The summed E-state index contributed by atoms with van der Waals surface area (Å²) in [7, 11) is 0. The minimum atomic E-state index is -0.247. The molecule has 0 aliphatic heterocycles. The third-order valence-corrected chi connectivity index (χ3v) is 1.39. The maximum Gasteiger partial charge on any atom is 0.180 e. The van der Waals surface area contributed by atoms with Crippen LogP contribution < -0.4 is 5.73 Å². The highest BCUT2D eigenvalue weighted by molar-refractivity contribution is 5.99. The van der Waals surface area contributed by atoms with E-state index in [1.54, 1.807) is 18.2 Å². The molecule has 1 aromatic rings. The fourth-order valence-corrected chi connectivity index (χ4v) is 0.819. The molecular formula is C8H10ClNO2. The van der Waals surface area contributed by atoms with Gasteiger partial charge >= 0.3 is 0 Å². The van der Waals surface area contributed by atoms with E-state index in [4.69, 9.17) is 10.8 Å². The lowest BCUT2D eigenvalue weighted by molar-refractivity contribution is 0.0999. The first kappa shape index (κ1) is 10.9. The van der Waals surface area contributed by atoms with Gasteiger partial charge in [0.2, 0.25) is 0 Å². The molecule has 0 bridgehead atoms. The predicted molar refractivity (Wildman–Crippen MR) is 48.7 cm³/mol. The zero-order valence-electron chi connectivity index (χ0n) is 6.36. The molecule has 0 aliphatic carbocycles. The summed E-state index contributed by atoms with van der Waals surface area (Å²) in [5.41, 5.74) is 5.40. The van der Waals surface area contributed by atoms with Crippen molar-refractivity contribution < 1.29 is 9.90 Å². The first-order chi connectivity index (χ1) is 5.25. The Labute approximate surface area is 76.6 Å². The number of ketones is 1. The van der Waals surface area contributed by atoms with E-state index >= 15 is 0 Å². The number of Topliss-reactive ketones (excluding diaryl/α,β-unsaturated/α-hetero) is 1. The standard InChI is InChI=1S/C8H9NO2.ClH/c9-5-8(11)6-3-1-2-4-7(6)10;/h1-4,10H,5,9H2;1H. The lowest BCUT2D eigenvalue weighted by atomic mass is 10.1. The highest BCUT2D eigenvalue weighted by atomic mass is 35.5. The van der Waals surface area contributed by atoms with Crippen molar-refractivity contribution in [2.45, 2.75) is 0 Å². The number of phenols is 1. The highest BCUT2D eigenvalue weighted by Crippen LogP contribution is 2.15. The maximum atomic E-state index is 10.9. The monoisotopic (exact) mass is 187 g/mol. The topological polar surface area (TPSA) is 63.3 Å². The van der Waals surface area contributed by atoms with E-state index in [1.807, 2.05) is 0 Å². The number of aromatic hydroxyl groups is 1. The molecule has 0 unspecified atom stereocenters. The maximum absolute atomic E-state index is 10.9. The van der Waals surface area contributed by atoms with Crippen LogP contribution in [-0.4, -0.2) is 17.4 Å². The zero-order valence-corrected chi connectivity index (χ0v) is 7.17. The lowest BCUT2D eigenvalue weighted by Gasteiger charge is -1.99. The second-order valence-corrected chi connectivity index (χ2v) is 2.14. The second kappa shape index (κ2) is 4.74. The van der Waals surface area contributed by atoms with Crippen molar-refractivity contribution in [3.8, 4) is 5.75 Å². The summed E-state index contributed by atoms with van der Waals surface area (Å²) in [6.07, 6.45) is 0. The summed E-state index contributed by atoms with van der Waals surface area (Å²) >= 11 is 0. The lowest BCUT2D eigenvalue weighted by Crippen LogP contribution is -2.13. The molecular weight excluding hydrogens is 178 g/mol. The summed E-state index contributed by atoms with van der Waals surface area (Å²) < 4.78 is 0. The van der Waals surface area contributed by atoms with Gasteiger partial charge in [-0.15, -0.1) is 12.4 Å². The molecule has 66 valence electrons. The molecule has 3 N–H and O–H groups in total. The van der Waals surface area contributed by atoms with E-state index in [0.717, 1.165) is 0 Å². The van der Waals surface area contributed by atoms with Gasteiger partial charge in [0.25, 0.3) is 0 Å². The number of halogens is 1. The van der Waals surface area contributed by atoms with Gasteiger partial charge in [-0.05, 0) is 12.1 Å². The molecule has 0 saturated carbocycles. The number of hydrogen-bond donors (Lipinski definition) is 2. The van der Waals surface area contributed by atoms with Crippen molar-refractivity contribution in [2.24, 2.45) is 5.73 Å². The van der Waals surface area contributed by atoms with Crippen LogP contribution in [0.5, 0.6) is 5.75 Å². The number of rotatable bonds is 2. The Balaban J connectivity index is 0.00000121. The van der Waals surface area contributed by atoms with Gasteiger partial charge in [-0.25, -0.2) is 0 Å². The van der Waals surface area contributed by atoms with Crippen LogP contribution in [0.25, 0.3) is 0 Å². The summed E-state index contributed by atoms with van der Waals surface area (Å²) in [5.74, 6) is -0.258. The SMILES string of the molecule is Cl.NCC(=O)c1ccccc1O. The van der Waals surface area contributed by atoms with E-state index in [0.29, 0.717) is 0 Å². The molecule has 0 aliphatic rings. The molecule has 0 fully saturated rings. The number of carbonyl (C=O) groups excluding carboxylic acids is 1. The predicted octanol–water partition coefficient (Wildman–Crippen LogP) is 0.955. The van der Waals surface area contributed by atoms with Crippen molar-refractivity contribution in [2.75, 3.05) is 6.54 Å². The molecule has 0 aromatic heterocycles. The van der Waals surface area contributed by atoms with E-state index in [-0.39, 0.29) is 36.0 Å². The molecule has 4 heteroatoms. The molecule has 0 saturated heterocycles. The second-order valence-electron chi connectivity index (χ2n) is 2.14. The van der Waals surface area contributed by atoms with Gasteiger partial charge in [-0.1, -0.05) is 12.1 Å². The normalized spacial score (nSPS) is 8.75. The smallest absolute Gasteiger partial charge is 0.180 e. The molecule has 12 heavy (non-hydrogen) atoms. The van der Waals surface area contributed by atoms with Crippen molar-refractivity contribution >= 4 is 18.2 Å². The number of phenolic OH excluding ortho intramolecular Hbond substituents is 1. The van der Waals surface area contributed by atoms with Crippen molar-refractivity contribution in [3.05, 3.63) is 29.8 Å². The fraction of sp³-hybridized carbons (Fsp3) is 0.125. The molecule has 0 radical (unpaired) electrons. The first-order valence-electron chi connectivity index (χ1n) is 3.27. The summed E-state index contributed by atoms with van der Waals surface area (Å²) in [4.78, 5) is 10.9. The molecule has 0 heterocycles. The minimum absolute atomic E-state index is 0. The molecule has 1 aromatic carbocycles. The Morgan fingerprint density at radius 3 is 2.50 bits per heavy atom. The van der Waals surface area contributed by atoms with Crippen LogP contribution in [0.4, 0.5) is 0 Å². The van der Waals surface area contributed by atoms with Crippen molar-refractivity contribution in [1.29, 1.82) is 0 Å². The van der Waals surface area contributed by atoms with E-state index in [1.165, 1.54) is 6.07 Å². The molecule has 3 nitrogen and oxygen atoms in total. The number of benzene rings is 1. The largest absolute Gasteiger partial charge is 0.507 e. The number of para-hydroxylation sites is 1. The van der Waals surface area contributed by atoms with Crippen LogP contribution in [-0.2, 0) is 0 Å². The minimum Gasteiger partial charge on any atom is -0.507 e. The van der Waals surface area contributed by atoms with Gasteiger partial charge in [-0.3, -0.25) is 4.79 Å². The van der Waals surface area contributed by atoms with Crippen LogP contribution in [0.1, 0.15) is 10.4 Å². The van der Waals surface area contributed by atoms with Gasteiger partial charge < -0.3 is 10.8 Å². The Morgan fingerprint density at radius 1 is 1.42 bits per heavy atom. The zero-order chi connectivity index (χ0) is 8.27. The molecule has 0 atom stereocenters. The van der Waals surface area contributed by atoms with E-state index in [9.17, 15) is 4.79 Å². The Kier molecular flexibility index (Phi) is 4.33. The number of hydrogen-bond acceptors (Lipinski definition) is 3. The van der Waals surface area contributed by atoms with Crippen molar-refractivity contribution in [3.63, 3.8) is 0 Å². The summed E-state index contributed by atoms with van der Waals surface area (Å²) in [5, 5.41) is 9.14. The van der Waals surface area contributed by atoms with Crippen LogP contribution in [0.15, 0.2) is 24.3 Å². The van der Waals surface area contributed by atoms with Gasteiger partial charge in [-0.2, -0.15) is 0 Å². The van der Waals surface area contributed by atoms with Crippen LogP contribution >= 0.6 is 12.4 Å². The average molecular weight is 188 g/mol. The Bertz CT molecular complexity index is 276. The summed E-state index contributed by atoms with van der Waals surface area (Å²) in [6, 6.07) is 6.35. The van der Waals surface area contributed by atoms with E-state index < -0.39 is 0 Å². The average Bonchev–Trinajstić information content (AvgIpc) is 2.04. The van der Waals surface area contributed by atoms with Crippen LogP contribution in [0, 0.1) is 0 Å². The van der Waals surface area contributed by atoms with Gasteiger partial charge in [0.1, 0.15) is 5.75 Å².